The lowest BCUT2D eigenvalue weighted by atomic mass is 10.1. The number of benzene rings is 1. The molecule has 2 nitrogen and oxygen atoms in total. The number of hydrogen-bond acceptors (Lipinski definition) is 3. The molecule has 1 heterocycles. The summed E-state index contributed by atoms with van der Waals surface area (Å²) in [5, 5.41) is 0.381. The van der Waals surface area contributed by atoms with Gasteiger partial charge in [-0.3, -0.25) is 0 Å². The Bertz CT molecular complexity index is 402. The third-order valence-corrected chi connectivity index (χ3v) is 4.03. The maximum absolute atomic E-state index is 12.8. The van der Waals surface area contributed by atoms with Gasteiger partial charge in [0.2, 0.25) is 0 Å². The van der Waals surface area contributed by atoms with Crippen LogP contribution in [0, 0.1) is 5.82 Å². The van der Waals surface area contributed by atoms with Crippen molar-refractivity contribution in [1.82, 2.24) is 0 Å². The Kier molecular flexibility index (Phi) is 3.75. The molecule has 1 saturated heterocycles. The van der Waals surface area contributed by atoms with Crippen molar-refractivity contribution < 1.29 is 13.4 Å². The molecular weight excluding hydrogens is 258 g/mol. The van der Waals surface area contributed by atoms with Crippen molar-refractivity contribution in [3.05, 3.63) is 34.6 Å². The van der Waals surface area contributed by atoms with E-state index in [-0.39, 0.29) is 11.9 Å². The topological polar surface area (TPSA) is 18.5 Å². The molecule has 1 aromatic carbocycles. The predicted molar refractivity (Wildman–Crippen MR) is 61.5 cm³/mol. The van der Waals surface area contributed by atoms with Crippen molar-refractivity contribution in [2.75, 3.05) is 6.61 Å². The Hall–Kier alpha value is 0.01000. The van der Waals surface area contributed by atoms with Gasteiger partial charge in [0.25, 0.3) is 0 Å². The summed E-state index contributed by atoms with van der Waals surface area (Å²) < 4.78 is 23.5. The van der Waals surface area contributed by atoms with Crippen molar-refractivity contribution in [2.24, 2.45) is 0 Å². The fraction of sp³-hybridized carbons (Fsp3) is 0.333. The average molecular weight is 267 g/mol. The van der Waals surface area contributed by atoms with Crippen molar-refractivity contribution >= 4 is 30.6 Å². The van der Waals surface area contributed by atoms with Gasteiger partial charge in [-0.25, -0.2) is 4.39 Å². The monoisotopic (exact) mass is 266 g/mol. The second-order valence-electron chi connectivity index (χ2n) is 3.16. The lowest BCUT2D eigenvalue weighted by Gasteiger charge is -2.24. The molecule has 0 spiro atoms. The molecule has 1 aliphatic rings. The third kappa shape index (κ3) is 2.77. The van der Waals surface area contributed by atoms with Crippen molar-refractivity contribution in [1.29, 1.82) is 0 Å². The summed E-state index contributed by atoms with van der Waals surface area (Å²) in [6.07, 6.45) is 0.550. The smallest absolute Gasteiger partial charge is 0.176 e. The quantitative estimate of drug-likeness (QED) is 0.725. The molecule has 15 heavy (non-hydrogen) atoms. The lowest BCUT2D eigenvalue weighted by molar-refractivity contribution is 0.119. The molecular formula is C9H9ClFO2PS. The number of rotatable bonds is 1. The van der Waals surface area contributed by atoms with Crippen molar-refractivity contribution in [3.63, 3.8) is 0 Å². The molecule has 6 heteroatoms. The number of hydrogen-bond donors (Lipinski definition) is 0. The SMILES string of the molecule is Fc1ccc(C2CCO[PH](=S)O2)c(Cl)c1. The highest BCUT2D eigenvalue weighted by Crippen LogP contribution is 2.42. The van der Waals surface area contributed by atoms with Crippen LogP contribution in [-0.4, -0.2) is 6.61 Å². The Morgan fingerprint density at radius 3 is 3.00 bits per heavy atom. The van der Waals surface area contributed by atoms with Crippen LogP contribution in [0.25, 0.3) is 0 Å². The van der Waals surface area contributed by atoms with Crippen LogP contribution >= 0.6 is 18.8 Å². The van der Waals surface area contributed by atoms with Gasteiger partial charge in [0.05, 0.1) is 12.7 Å². The molecule has 0 saturated carbocycles. The molecule has 2 unspecified atom stereocenters. The Balaban J connectivity index is 2.24. The number of halogens is 2. The molecule has 0 aliphatic carbocycles. The zero-order valence-corrected chi connectivity index (χ0v) is 10.3. The van der Waals surface area contributed by atoms with E-state index >= 15 is 0 Å². The van der Waals surface area contributed by atoms with Gasteiger partial charge in [0.15, 0.2) is 7.15 Å². The molecule has 0 aromatic heterocycles. The minimum Gasteiger partial charge on any atom is -0.331 e. The van der Waals surface area contributed by atoms with E-state index in [1.807, 2.05) is 0 Å². The van der Waals surface area contributed by atoms with Crippen molar-refractivity contribution in [3.8, 4) is 0 Å². The van der Waals surface area contributed by atoms with Gasteiger partial charge < -0.3 is 9.05 Å². The van der Waals surface area contributed by atoms with Crippen LogP contribution in [0.1, 0.15) is 18.1 Å². The zero-order valence-electron chi connectivity index (χ0n) is 7.70. The van der Waals surface area contributed by atoms with E-state index in [0.29, 0.717) is 18.1 Å². The highest BCUT2D eigenvalue weighted by atomic mass is 35.5. The summed E-state index contributed by atoms with van der Waals surface area (Å²) >= 11 is 10.9. The Morgan fingerprint density at radius 1 is 1.53 bits per heavy atom. The first kappa shape index (κ1) is 11.5. The molecule has 82 valence electrons. The molecule has 0 N–H and O–H groups in total. The molecule has 0 amide bonds. The van der Waals surface area contributed by atoms with Crippen molar-refractivity contribution in [2.45, 2.75) is 12.5 Å². The Labute approximate surface area is 97.9 Å². The fourth-order valence-electron chi connectivity index (χ4n) is 1.44. The van der Waals surface area contributed by atoms with Gasteiger partial charge in [-0.05, 0) is 23.9 Å². The molecule has 0 bridgehead atoms. The average Bonchev–Trinajstić information content (AvgIpc) is 2.17. The first-order valence-corrected chi connectivity index (χ1v) is 7.28. The second-order valence-corrected chi connectivity index (χ2v) is 5.59. The van der Waals surface area contributed by atoms with Crippen LogP contribution in [0.3, 0.4) is 0 Å². The zero-order chi connectivity index (χ0) is 10.8. The Morgan fingerprint density at radius 2 is 2.33 bits per heavy atom. The van der Waals surface area contributed by atoms with E-state index in [1.165, 1.54) is 12.1 Å². The molecule has 2 atom stereocenters. The molecule has 0 radical (unpaired) electrons. The molecule has 2 rings (SSSR count). The maximum Gasteiger partial charge on any atom is 0.176 e. The van der Waals surface area contributed by atoms with Crippen LogP contribution < -0.4 is 0 Å². The van der Waals surface area contributed by atoms with Crippen LogP contribution in [0.15, 0.2) is 18.2 Å². The molecule has 1 aromatic rings. The summed E-state index contributed by atoms with van der Waals surface area (Å²) in [6.45, 7) is 0.580. The summed E-state index contributed by atoms with van der Waals surface area (Å²) in [6, 6.07) is 4.29. The van der Waals surface area contributed by atoms with E-state index < -0.39 is 7.15 Å². The van der Waals surface area contributed by atoms with Gasteiger partial charge in [-0.15, -0.1) is 0 Å². The van der Waals surface area contributed by atoms with Gasteiger partial charge in [-0.1, -0.05) is 17.7 Å². The summed E-state index contributed by atoms with van der Waals surface area (Å²) in [5.41, 5.74) is 0.786. The van der Waals surface area contributed by atoms with Gasteiger partial charge in [0, 0.05) is 17.0 Å². The minimum atomic E-state index is -1.58. The fourth-order valence-corrected chi connectivity index (χ4v) is 3.16. The van der Waals surface area contributed by atoms with Gasteiger partial charge in [-0.2, -0.15) is 0 Å². The third-order valence-electron chi connectivity index (χ3n) is 2.15. The van der Waals surface area contributed by atoms with E-state index in [0.717, 1.165) is 5.56 Å². The second kappa shape index (κ2) is 4.89. The van der Waals surface area contributed by atoms with E-state index in [9.17, 15) is 4.39 Å². The van der Waals surface area contributed by atoms with Crippen LogP contribution in [0.4, 0.5) is 4.39 Å². The molecule has 1 fully saturated rings. The van der Waals surface area contributed by atoms with E-state index in [1.54, 1.807) is 6.07 Å². The van der Waals surface area contributed by atoms with Gasteiger partial charge in [0.1, 0.15) is 5.82 Å². The first-order valence-electron chi connectivity index (χ1n) is 4.45. The lowest BCUT2D eigenvalue weighted by Crippen LogP contribution is -2.09. The summed E-state index contributed by atoms with van der Waals surface area (Å²) in [4.78, 5) is 0. The normalized spacial score (nSPS) is 26.5. The van der Waals surface area contributed by atoms with E-state index in [2.05, 4.69) is 0 Å². The van der Waals surface area contributed by atoms with Crippen LogP contribution in [0.5, 0.6) is 0 Å². The molecule has 1 aliphatic heterocycles. The highest BCUT2D eigenvalue weighted by Gasteiger charge is 2.21. The maximum atomic E-state index is 12.8. The largest absolute Gasteiger partial charge is 0.331 e. The minimum absolute atomic E-state index is 0.154. The van der Waals surface area contributed by atoms with Gasteiger partial charge >= 0.3 is 0 Å². The summed E-state index contributed by atoms with van der Waals surface area (Å²) in [7, 11) is -1.58. The standard InChI is InChI=1S/C9H9ClFO2PS/c10-8-5-6(11)1-2-7(8)9-3-4-12-14(15)13-9/h1-2,5,9,14H,3-4H2. The van der Waals surface area contributed by atoms with Crippen LogP contribution in [0.2, 0.25) is 5.02 Å². The van der Waals surface area contributed by atoms with Crippen LogP contribution in [-0.2, 0) is 20.9 Å². The highest BCUT2D eigenvalue weighted by molar-refractivity contribution is 8.00. The predicted octanol–water partition coefficient (Wildman–Crippen LogP) is 3.46. The first-order chi connectivity index (χ1) is 7.16. The van der Waals surface area contributed by atoms with E-state index in [4.69, 9.17) is 32.5 Å². The summed E-state index contributed by atoms with van der Waals surface area (Å²) in [5.74, 6) is -0.347.